The second-order valence-corrected chi connectivity index (χ2v) is 14.7. The molecule has 11 aromatic rings. The summed E-state index contributed by atoms with van der Waals surface area (Å²) in [5.74, 6) is 1.80. The first-order valence-corrected chi connectivity index (χ1v) is 19.3. The van der Waals surface area contributed by atoms with Gasteiger partial charge in [0.2, 0.25) is 0 Å². The molecule has 0 bridgehead atoms. The number of allylic oxidation sites excluding steroid dienone is 1. The number of hydrogen-bond acceptors (Lipinski definition) is 5. The third-order valence-electron chi connectivity index (χ3n) is 11.3. The Labute approximate surface area is 327 Å². The maximum atomic E-state index is 6.49. The van der Waals surface area contributed by atoms with Crippen molar-refractivity contribution in [3.05, 3.63) is 175 Å². The van der Waals surface area contributed by atoms with E-state index in [-0.39, 0.29) is 0 Å². The van der Waals surface area contributed by atoms with Crippen molar-refractivity contribution in [2.24, 2.45) is 0 Å². The number of fused-ring (bicyclic) bond motifs is 9. The SMILES string of the molecule is C1=Cc2c(c3ccccc3n2-c2cccc(-c3nc(-c4ccccc4)nc(-c4ccc5c(c4)oc4ccc(-c6ccc7c(c6)oc6ccccc67)cc45)n3)c2)CC1. The van der Waals surface area contributed by atoms with Gasteiger partial charge in [-0.05, 0) is 96.3 Å². The van der Waals surface area contributed by atoms with Crippen molar-refractivity contribution in [1.82, 2.24) is 19.5 Å². The van der Waals surface area contributed by atoms with E-state index in [2.05, 4.69) is 120 Å². The van der Waals surface area contributed by atoms with Gasteiger partial charge >= 0.3 is 0 Å². The van der Waals surface area contributed by atoms with E-state index in [0.717, 1.165) is 90.2 Å². The molecule has 0 amide bonds. The molecule has 0 spiro atoms. The Balaban J connectivity index is 0.961. The van der Waals surface area contributed by atoms with Gasteiger partial charge in [-0.3, -0.25) is 0 Å². The number of rotatable bonds is 5. The molecule has 6 heteroatoms. The zero-order valence-corrected chi connectivity index (χ0v) is 30.7. The molecule has 4 heterocycles. The molecule has 0 atom stereocenters. The topological polar surface area (TPSA) is 69.9 Å². The second kappa shape index (κ2) is 12.5. The monoisotopic (exact) mass is 732 g/mol. The number of benzene rings is 7. The molecule has 268 valence electrons. The Morgan fingerprint density at radius 2 is 1.02 bits per heavy atom. The highest BCUT2D eigenvalue weighted by Crippen LogP contribution is 2.38. The molecule has 1 aliphatic rings. The Bertz CT molecular complexity index is 3420. The Morgan fingerprint density at radius 3 is 1.86 bits per heavy atom. The Morgan fingerprint density at radius 1 is 0.421 bits per heavy atom. The average Bonchev–Trinajstić information content (AvgIpc) is 3.95. The minimum atomic E-state index is 0.582. The average molecular weight is 733 g/mol. The molecule has 0 N–H and O–H groups in total. The quantitative estimate of drug-likeness (QED) is 0.176. The van der Waals surface area contributed by atoms with Crippen molar-refractivity contribution in [2.45, 2.75) is 12.8 Å². The first-order chi connectivity index (χ1) is 28.2. The zero-order valence-electron chi connectivity index (χ0n) is 30.7. The standard InChI is InChI=1S/C51H32N4O2/c1-2-11-31(12-3-1)49-52-50(34-13-10-14-36(27-34)55-43-18-7-4-15-37(43)38-16-5-8-19-44(38)55)54-51(53-49)35-22-25-41-42-28-32(23-26-46(42)57-48(41)30-35)33-21-24-40-39-17-6-9-20-45(39)56-47(40)29-33/h1-4,6-15,17-30H,5,16H2. The van der Waals surface area contributed by atoms with Gasteiger partial charge in [0.1, 0.15) is 22.3 Å². The van der Waals surface area contributed by atoms with E-state index in [1.807, 2.05) is 54.6 Å². The molecule has 57 heavy (non-hydrogen) atoms. The fourth-order valence-corrected chi connectivity index (χ4v) is 8.60. The van der Waals surface area contributed by atoms with Crippen LogP contribution in [0.2, 0.25) is 0 Å². The smallest absolute Gasteiger partial charge is 0.164 e. The van der Waals surface area contributed by atoms with Gasteiger partial charge < -0.3 is 13.4 Å². The molecule has 1 aliphatic carbocycles. The lowest BCUT2D eigenvalue weighted by atomic mass is 10.0. The third-order valence-corrected chi connectivity index (χ3v) is 11.3. The predicted octanol–water partition coefficient (Wildman–Crippen LogP) is 13.2. The summed E-state index contributed by atoms with van der Waals surface area (Å²) in [6.45, 7) is 0. The lowest BCUT2D eigenvalue weighted by molar-refractivity contribution is 0.669. The fraction of sp³-hybridized carbons (Fsp3) is 0.0392. The van der Waals surface area contributed by atoms with E-state index in [1.165, 1.54) is 22.2 Å². The molecule has 0 saturated heterocycles. The van der Waals surface area contributed by atoms with Crippen LogP contribution in [0, 0.1) is 0 Å². The van der Waals surface area contributed by atoms with E-state index >= 15 is 0 Å². The number of nitrogens with zero attached hydrogens (tertiary/aromatic N) is 4. The van der Waals surface area contributed by atoms with Gasteiger partial charge in [-0.1, -0.05) is 103 Å². The fourth-order valence-electron chi connectivity index (χ4n) is 8.60. The highest BCUT2D eigenvalue weighted by Gasteiger charge is 2.20. The molecule has 0 unspecified atom stereocenters. The van der Waals surface area contributed by atoms with E-state index in [1.54, 1.807) is 0 Å². The minimum Gasteiger partial charge on any atom is -0.456 e. The summed E-state index contributed by atoms with van der Waals surface area (Å²) < 4.78 is 15.1. The number of para-hydroxylation sites is 2. The molecule has 12 rings (SSSR count). The van der Waals surface area contributed by atoms with Gasteiger partial charge in [0.15, 0.2) is 17.5 Å². The largest absolute Gasteiger partial charge is 0.456 e. The summed E-state index contributed by atoms with van der Waals surface area (Å²) in [5.41, 5.74) is 13.1. The van der Waals surface area contributed by atoms with Gasteiger partial charge in [0, 0.05) is 55.0 Å². The molecular formula is C51H32N4O2. The van der Waals surface area contributed by atoms with E-state index in [4.69, 9.17) is 23.8 Å². The number of aryl methyl sites for hydroxylation is 1. The summed E-state index contributed by atoms with van der Waals surface area (Å²) in [5, 5.41) is 5.63. The molecule has 0 saturated carbocycles. The normalized spacial score (nSPS) is 12.7. The highest BCUT2D eigenvalue weighted by molar-refractivity contribution is 6.08. The van der Waals surface area contributed by atoms with Crippen LogP contribution in [0.4, 0.5) is 0 Å². The maximum Gasteiger partial charge on any atom is 0.164 e. The zero-order chi connectivity index (χ0) is 37.5. The van der Waals surface area contributed by atoms with Crippen LogP contribution in [0.25, 0.3) is 112 Å². The van der Waals surface area contributed by atoms with E-state index in [0.29, 0.717) is 17.5 Å². The molecule has 0 radical (unpaired) electrons. The van der Waals surface area contributed by atoms with E-state index < -0.39 is 0 Å². The van der Waals surface area contributed by atoms with Crippen LogP contribution in [-0.4, -0.2) is 19.5 Å². The van der Waals surface area contributed by atoms with Crippen molar-refractivity contribution in [3.63, 3.8) is 0 Å². The van der Waals surface area contributed by atoms with Crippen LogP contribution < -0.4 is 0 Å². The number of furan rings is 2. The number of aromatic nitrogens is 4. The van der Waals surface area contributed by atoms with Crippen LogP contribution in [-0.2, 0) is 6.42 Å². The molecule has 4 aromatic heterocycles. The van der Waals surface area contributed by atoms with E-state index in [9.17, 15) is 0 Å². The highest BCUT2D eigenvalue weighted by atomic mass is 16.3. The van der Waals surface area contributed by atoms with Crippen molar-refractivity contribution in [1.29, 1.82) is 0 Å². The summed E-state index contributed by atoms with van der Waals surface area (Å²) >= 11 is 0. The molecule has 0 fully saturated rings. The lowest BCUT2D eigenvalue weighted by Gasteiger charge is -2.13. The van der Waals surface area contributed by atoms with Crippen molar-refractivity contribution in [3.8, 4) is 51.0 Å². The molecule has 6 nitrogen and oxygen atoms in total. The van der Waals surface area contributed by atoms with Gasteiger partial charge in [0.25, 0.3) is 0 Å². The molecular weight excluding hydrogens is 701 g/mol. The summed E-state index contributed by atoms with van der Waals surface area (Å²) in [6, 6.07) is 54.5. The van der Waals surface area contributed by atoms with Gasteiger partial charge in [-0.15, -0.1) is 0 Å². The number of hydrogen-bond donors (Lipinski definition) is 0. The van der Waals surface area contributed by atoms with Crippen LogP contribution in [0.3, 0.4) is 0 Å². The summed E-state index contributed by atoms with van der Waals surface area (Å²) in [6.07, 6.45) is 6.62. The first-order valence-electron chi connectivity index (χ1n) is 19.3. The van der Waals surface area contributed by atoms with Gasteiger partial charge in [-0.2, -0.15) is 0 Å². The first kappa shape index (κ1) is 31.7. The maximum absolute atomic E-state index is 6.49. The van der Waals surface area contributed by atoms with Crippen LogP contribution >= 0.6 is 0 Å². The van der Waals surface area contributed by atoms with Gasteiger partial charge in [-0.25, -0.2) is 15.0 Å². The van der Waals surface area contributed by atoms with Crippen molar-refractivity contribution < 1.29 is 8.83 Å². The van der Waals surface area contributed by atoms with Gasteiger partial charge in [0.05, 0.1) is 5.52 Å². The molecule has 7 aromatic carbocycles. The van der Waals surface area contributed by atoms with Crippen LogP contribution in [0.1, 0.15) is 17.7 Å². The lowest BCUT2D eigenvalue weighted by Crippen LogP contribution is -2.02. The van der Waals surface area contributed by atoms with Crippen LogP contribution in [0.15, 0.2) is 173 Å². The third kappa shape index (κ3) is 5.15. The van der Waals surface area contributed by atoms with Crippen LogP contribution in [0.5, 0.6) is 0 Å². The second-order valence-electron chi connectivity index (χ2n) is 14.7. The molecule has 0 aliphatic heterocycles. The minimum absolute atomic E-state index is 0.582. The van der Waals surface area contributed by atoms with Crippen molar-refractivity contribution in [2.75, 3.05) is 0 Å². The van der Waals surface area contributed by atoms with Crippen molar-refractivity contribution >= 4 is 60.9 Å². The Kier molecular flexibility index (Phi) is 6.95. The predicted molar refractivity (Wildman–Crippen MR) is 230 cm³/mol. The summed E-state index contributed by atoms with van der Waals surface area (Å²) in [7, 11) is 0. The summed E-state index contributed by atoms with van der Waals surface area (Å²) in [4.78, 5) is 15.2. The Hall–Kier alpha value is -7.57.